The zero-order chi connectivity index (χ0) is 14.3. The molecule has 0 aliphatic heterocycles. The molecule has 3 nitrogen and oxygen atoms in total. The SMILES string of the molecule is CCNC(C)(CCCSc1ccc(Cl)cc1)C(=O)O. The minimum atomic E-state index is -0.824. The van der Waals surface area contributed by atoms with Crippen molar-refractivity contribution in [2.45, 2.75) is 37.1 Å². The molecule has 5 heteroatoms. The van der Waals surface area contributed by atoms with Gasteiger partial charge in [-0.1, -0.05) is 18.5 Å². The number of carboxylic acid groups (broad SMARTS) is 1. The van der Waals surface area contributed by atoms with Crippen LogP contribution in [-0.4, -0.2) is 28.9 Å². The Labute approximate surface area is 123 Å². The van der Waals surface area contributed by atoms with Crippen LogP contribution in [0.5, 0.6) is 0 Å². The number of rotatable bonds is 8. The highest BCUT2D eigenvalue weighted by Crippen LogP contribution is 2.23. The number of hydrogen-bond donors (Lipinski definition) is 2. The third kappa shape index (κ3) is 5.43. The Morgan fingerprint density at radius 2 is 2.05 bits per heavy atom. The number of likely N-dealkylation sites (N-methyl/N-ethyl adjacent to an activating group) is 1. The lowest BCUT2D eigenvalue weighted by Crippen LogP contribution is -2.49. The number of aliphatic carboxylic acids is 1. The van der Waals surface area contributed by atoms with E-state index in [9.17, 15) is 9.90 Å². The van der Waals surface area contributed by atoms with Crippen LogP contribution in [-0.2, 0) is 4.79 Å². The summed E-state index contributed by atoms with van der Waals surface area (Å²) in [7, 11) is 0. The van der Waals surface area contributed by atoms with Crippen LogP contribution in [0, 0.1) is 0 Å². The minimum absolute atomic E-state index is 0.622. The van der Waals surface area contributed by atoms with Crippen LogP contribution in [0.2, 0.25) is 5.02 Å². The van der Waals surface area contributed by atoms with Crippen LogP contribution in [0.4, 0.5) is 0 Å². The van der Waals surface area contributed by atoms with Gasteiger partial charge in [-0.15, -0.1) is 11.8 Å². The fraction of sp³-hybridized carbons (Fsp3) is 0.500. The van der Waals surface area contributed by atoms with Crippen LogP contribution >= 0.6 is 23.4 Å². The van der Waals surface area contributed by atoms with Crippen molar-refractivity contribution in [1.29, 1.82) is 0 Å². The van der Waals surface area contributed by atoms with Crippen molar-refractivity contribution in [3.8, 4) is 0 Å². The van der Waals surface area contributed by atoms with Crippen molar-refractivity contribution < 1.29 is 9.90 Å². The second kappa shape index (κ2) is 7.78. The molecular formula is C14H20ClNO2S. The molecule has 0 aliphatic carbocycles. The molecule has 0 aromatic heterocycles. The number of carboxylic acids is 1. The first kappa shape index (κ1) is 16.3. The quantitative estimate of drug-likeness (QED) is 0.568. The summed E-state index contributed by atoms with van der Waals surface area (Å²) < 4.78 is 0. The summed E-state index contributed by atoms with van der Waals surface area (Å²) >= 11 is 7.54. The zero-order valence-electron chi connectivity index (χ0n) is 11.3. The van der Waals surface area contributed by atoms with Crippen LogP contribution in [0.15, 0.2) is 29.2 Å². The van der Waals surface area contributed by atoms with E-state index in [-0.39, 0.29) is 0 Å². The van der Waals surface area contributed by atoms with Crippen molar-refractivity contribution in [3.05, 3.63) is 29.3 Å². The molecule has 0 bridgehead atoms. The van der Waals surface area contributed by atoms with Gasteiger partial charge in [0.05, 0.1) is 0 Å². The molecule has 0 fully saturated rings. The molecule has 1 aromatic rings. The first-order chi connectivity index (χ1) is 8.98. The van der Waals surface area contributed by atoms with E-state index in [4.69, 9.17) is 11.6 Å². The number of carbonyl (C=O) groups is 1. The molecule has 19 heavy (non-hydrogen) atoms. The highest BCUT2D eigenvalue weighted by atomic mass is 35.5. The summed E-state index contributed by atoms with van der Waals surface area (Å²) in [4.78, 5) is 12.4. The maximum Gasteiger partial charge on any atom is 0.323 e. The van der Waals surface area contributed by atoms with Crippen molar-refractivity contribution in [2.24, 2.45) is 0 Å². The van der Waals surface area contributed by atoms with Crippen LogP contribution in [0.3, 0.4) is 0 Å². The van der Waals surface area contributed by atoms with E-state index in [0.717, 1.165) is 22.1 Å². The number of hydrogen-bond acceptors (Lipinski definition) is 3. The maximum absolute atomic E-state index is 11.2. The van der Waals surface area contributed by atoms with Crippen molar-refractivity contribution in [2.75, 3.05) is 12.3 Å². The molecule has 0 aliphatic rings. The van der Waals surface area contributed by atoms with Gasteiger partial charge in [0.2, 0.25) is 0 Å². The van der Waals surface area contributed by atoms with E-state index in [1.54, 1.807) is 18.7 Å². The highest BCUT2D eigenvalue weighted by molar-refractivity contribution is 7.99. The van der Waals surface area contributed by atoms with Crippen LogP contribution in [0.1, 0.15) is 26.7 Å². The summed E-state index contributed by atoms with van der Waals surface area (Å²) in [5, 5.41) is 13.0. The minimum Gasteiger partial charge on any atom is -0.480 e. The molecule has 0 saturated carbocycles. The molecule has 0 spiro atoms. The summed E-state index contributed by atoms with van der Waals surface area (Å²) in [6.45, 7) is 4.32. The van der Waals surface area contributed by atoms with Crippen molar-refractivity contribution in [1.82, 2.24) is 5.32 Å². The monoisotopic (exact) mass is 301 g/mol. The van der Waals surface area contributed by atoms with Gasteiger partial charge in [0.25, 0.3) is 0 Å². The third-order valence-electron chi connectivity index (χ3n) is 2.94. The average molecular weight is 302 g/mol. The van der Waals surface area contributed by atoms with Gasteiger partial charge in [0, 0.05) is 9.92 Å². The first-order valence-electron chi connectivity index (χ1n) is 6.35. The van der Waals surface area contributed by atoms with Gasteiger partial charge < -0.3 is 10.4 Å². The Morgan fingerprint density at radius 1 is 1.42 bits per heavy atom. The molecule has 0 heterocycles. The summed E-state index contributed by atoms with van der Waals surface area (Å²) in [6.07, 6.45) is 1.47. The van der Waals surface area contributed by atoms with Crippen LogP contribution < -0.4 is 5.32 Å². The van der Waals surface area contributed by atoms with Crippen molar-refractivity contribution in [3.63, 3.8) is 0 Å². The van der Waals surface area contributed by atoms with Gasteiger partial charge in [-0.05, 0) is 56.3 Å². The Kier molecular flexibility index (Phi) is 6.69. The highest BCUT2D eigenvalue weighted by Gasteiger charge is 2.30. The number of halogens is 1. The van der Waals surface area contributed by atoms with Gasteiger partial charge in [-0.3, -0.25) is 4.79 Å². The maximum atomic E-state index is 11.2. The molecule has 1 unspecified atom stereocenters. The molecule has 0 radical (unpaired) electrons. The normalized spacial score (nSPS) is 14.1. The van der Waals surface area contributed by atoms with E-state index in [1.165, 1.54) is 0 Å². The number of benzene rings is 1. The third-order valence-corrected chi connectivity index (χ3v) is 4.29. The molecule has 1 rings (SSSR count). The molecule has 1 aromatic carbocycles. The van der Waals surface area contributed by atoms with E-state index < -0.39 is 11.5 Å². The Morgan fingerprint density at radius 3 is 2.58 bits per heavy atom. The van der Waals surface area contributed by atoms with E-state index in [2.05, 4.69) is 5.32 Å². The lowest BCUT2D eigenvalue weighted by atomic mass is 9.96. The second-order valence-electron chi connectivity index (χ2n) is 4.57. The molecular weight excluding hydrogens is 282 g/mol. The fourth-order valence-corrected chi connectivity index (χ4v) is 2.79. The van der Waals surface area contributed by atoms with Crippen LogP contribution in [0.25, 0.3) is 0 Å². The lowest BCUT2D eigenvalue weighted by Gasteiger charge is -2.25. The van der Waals surface area contributed by atoms with Gasteiger partial charge >= 0.3 is 5.97 Å². The summed E-state index contributed by atoms with van der Waals surface area (Å²) in [6, 6.07) is 7.69. The van der Waals surface area contributed by atoms with Gasteiger partial charge in [0.15, 0.2) is 0 Å². The number of thioether (sulfide) groups is 1. The average Bonchev–Trinajstić information content (AvgIpc) is 2.37. The molecule has 1 atom stereocenters. The van der Waals surface area contributed by atoms with Gasteiger partial charge in [0.1, 0.15) is 5.54 Å². The number of nitrogens with one attached hydrogen (secondary N) is 1. The van der Waals surface area contributed by atoms with Crippen molar-refractivity contribution >= 4 is 29.3 Å². The standard InChI is InChI=1S/C14H20ClNO2S/c1-3-16-14(2,13(17)18)9-4-10-19-12-7-5-11(15)6-8-12/h5-8,16H,3-4,9-10H2,1-2H3,(H,17,18). The lowest BCUT2D eigenvalue weighted by molar-refractivity contribution is -0.144. The molecule has 0 saturated heterocycles. The molecule has 0 amide bonds. The fourth-order valence-electron chi connectivity index (χ4n) is 1.81. The second-order valence-corrected chi connectivity index (χ2v) is 6.18. The van der Waals surface area contributed by atoms with E-state index in [0.29, 0.717) is 13.0 Å². The van der Waals surface area contributed by atoms with Gasteiger partial charge in [-0.25, -0.2) is 0 Å². The topological polar surface area (TPSA) is 49.3 Å². The Hall–Kier alpha value is -0.710. The molecule has 106 valence electrons. The van der Waals surface area contributed by atoms with E-state index >= 15 is 0 Å². The Balaban J connectivity index is 2.36. The summed E-state index contributed by atoms with van der Waals surface area (Å²) in [5.74, 6) is 0.112. The Bertz CT molecular complexity index is 410. The first-order valence-corrected chi connectivity index (χ1v) is 7.71. The molecule has 2 N–H and O–H groups in total. The van der Waals surface area contributed by atoms with E-state index in [1.807, 2.05) is 31.2 Å². The predicted octanol–water partition coefficient (Wildman–Crippen LogP) is 3.67. The predicted molar refractivity (Wildman–Crippen MR) is 81.1 cm³/mol. The smallest absolute Gasteiger partial charge is 0.323 e. The van der Waals surface area contributed by atoms with Gasteiger partial charge in [-0.2, -0.15) is 0 Å². The zero-order valence-corrected chi connectivity index (χ0v) is 12.9. The largest absolute Gasteiger partial charge is 0.480 e. The summed E-state index contributed by atoms with van der Waals surface area (Å²) in [5.41, 5.74) is -0.824.